The number of aromatic nitrogens is 3. The van der Waals surface area contributed by atoms with E-state index >= 15 is 0 Å². The van der Waals surface area contributed by atoms with Crippen LogP contribution in [0.1, 0.15) is 11.6 Å². The molecule has 0 fully saturated rings. The molecule has 0 aliphatic carbocycles. The van der Waals surface area contributed by atoms with E-state index in [1.807, 2.05) is 26.0 Å². The molecule has 0 aliphatic rings. The third kappa shape index (κ3) is 3.45. The average molecular weight is 262 g/mol. The number of nitrogens with two attached hydrogens (primary N) is 1. The number of ether oxygens (including phenoxy) is 1. The highest BCUT2D eigenvalue weighted by Gasteiger charge is 2.11. The van der Waals surface area contributed by atoms with E-state index in [-0.39, 0.29) is 6.61 Å². The van der Waals surface area contributed by atoms with Crippen molar-refractivity contribution in [1.82, 2.24) is 14.8 Å². The van der Waals surface area contributed by atoms with Crippen LogP contribution >= 0.6 is 0 Å². The number of aryl methyl sites for hydroxylation is 2. The lowest BCUT2D eigenvalue weighted by molar-refractivity contribution is 0.0889. The summed E-state index contributed by atoms with van der Waals surface area (Å²) in [7, 11) is 0. The molecule has 1 heterocycles. The number of aliphatic hydroxyl groups is 1. The molecule has 0 bridgehead atoms. The molecule has 2 rings (SSSR count). The summed E-state index contributed by atoms with van der Waals surface area (Å²) in [5.41, 5.74) is 6.31. The molecule has 0 saturated heterocycles. The molecule has 0 saturated carbocycles. The van der Waals surface area contributed by atoms with Gasteiger partial charge in [-0.1, -0.05) is 12.1 Å². The van der Waals surface area contributed by atoms with E-state index in [2.05, 4.69) is 10.1 Å². The maximum atomic E-state index is 9.93. The number of nitrogens with zero attached hydrogens (tertiary/aromatic N) is 3. The Labute approximate surface area is 111 Å². The fourth-order valence-electron chi connectivity index (χ4n) is 1.78. The van der Waals surface area contributed by atoms with E-state index in [0.29, 0.717) is 23.8 Å². The second-order valence-electron chi connectivity index (χ2n) is 4.39. The SMILES string of the molecule is Cc1nc(C)n(CC(O)COc2ccccc2N)n1. The maximum absolute atomic E-state index is 9.93. The highest BCUT2D eigenvalue weighted by atomic mass is 16.5. The lowest BCUT2D eigenvalue weighted by atomic mass is 10.3. The first-order chi connectivity index (χ1) is 9.06. The van der Waals surface area contributed by atoms with Crippen LogP contribution in [0.3, 0.4) is 0 Å². The second kappa shape index (κ2) is 5.71. The maximum Gasteiger partial charge on any atom is 0.147 e. The number of rotatable bonds is 5. The fraction of sp³-hybridized carbons (Fsp3) is 0.385. The number of anilines is 1. The van der Waals surface area contributed by atoms with Crippen LogP contribution in [0, 0.1) is 13.8 Å². The molecule has 1 aromatic heterocycles. The van der Waals surface area contributed by atoms with Gasteiger partial charge in [0.15, 0.2) is 0 Å². The van der Waals surface area contributed by atoms with Gasteiger partial charge in [0.05, 0.1) is 12.2 Å². The molecule has 19 heavy (non-hydrogen) atoms. The van der Waals surface area contributed by atoms with Gasteiger partial charge in [-0.15, -0.1) is 0 Å². The van der Waals surface area contributed by atoms with E-state index in [1.165, 1.54) is 0 Å². The van der Waals surface area contributed by atoms with Crippen LogP contribution in [0.25, 0.3) is 0 Å². The normalized spacial score (nSPS) is 12.4. The molecule has 6 heteroatoms. The first kappa shape index (κ1) is 13.4. The minimum Gasteiger partial charge on any atom is -0.489 e. The van der Waals surface area contributed by atoms with Gasteiger partial charge in [-0.3, -0.25) is 0 Å². The van der Waals surface area contributed by atoms with Crippen LogP contribution in [0.5, 0.6) is 5.75 Å². The Morgan fingerprint density at radius 3 is 2.74 bits per heavy atom. The molecule has 3 N–H and O–H groups in total. The zero-order valence-electron chi connectivity index (χ0n) is 11.1. The van der Waals surface area contributed by atoms with Gasteiger partial charge in [-0.25, -0.2) is 9.67 Å². The van der Waals surface area contributed by atoms with E-state index in [1.54, 1.807) is 16.8 Å². The first-order valence-electron chi connectivity index (χ1n) is 6.09. The van der Waals surface area contributed by atoms with E-state index in [4.69, 9.17) is 10.5 Å². The molecule has 0 radical (unpaired) electrons. The predicted octanol–water partition coefficient (Wildman–Crippen LogP) is 0.917. The third-order valence-corrected chi connectivity index (χ3v) is 2.70. The van der Waals surface area contributed by atoms with Gasteiger partial charge in [0.25, 0.3) is 0 Å². The molecule has 1 aromatic carbocycles. The topological polar surface area (TPSA) is 86.2 Å². The minimum atomic E-state index is -0.667. The number of aliphatic hydroxyl groups excluding tert-OH is 1. The Kier molecular flexibility index (Phi) is 4.01. The Hall–Kier alpha value is -2.08. The summed E-state index contributed by atoms with van der Waals surface area (Å²) in [5, 5.41) is 14.1. The number of nitrogen functional groups attached to an aromatic ring is 1. The van der Waals surface area contributed by atoms with Crippen molar-refractivity contribution in [3.05, 3.63) is 35.9 Å². The zero-order chi connectivity index (χ0) is 13.8. The standard InChI is InChI=1S/C13H18N4O2/c1-9-15-10(2)17(16-9)7-11(18)8-19-13-6-4-3-5-12(13)14/h3-6,11,18H,7-8,14H2,1-2H3. The lowest BCUT2D eigenvalue weighted by Crippen LogP contribution is -2.25. The third-order valence-electron chi connectivity index (χ3n) is 2.70. The molecular weight excluding hydrogens is 244 g/mol. The molecule has 102 valence electrons. The Morgan fingerprint density at radius 1 is 1.37 bits per heavy atom. The molecule has 2 aromatic rings. The first-order valence-corrected chi connectivity index (χ1v) is 6.09. The van der Waals surface area contributed by atoms with Gasteiger partial charge < -0.3 is 15.6 Å². The Balaban J connectivity index is 1.90. The van der Waals surface area contributed by atoms with Crippen molar-refractivity contribution in [2.75, 3.05) is 12.3 Å². The van der Waals surface area contributed by atoms with Crippen LogP contribution < -0.4 is 10.5 Å². The summed E-state index contributed by atoms with van der Waals surface area (Å²) in [4.78, 5) is 4.18. The van der Waals surface area contributed by atoms with Crippen molar-refractivity contribution < 1.29 is 9.84 Å². The van der Waals surface area contributed by atoms with Gasteiger partial charge in [0.2, 0.25) is 0 Å². The van der Waals surface area contributed by atoms with Crippen molar-refractivity contribution in [2.24, 2.45) is 0 Å². The summed E-state index contributed by atoms with van der Waals surface area (Å²) >= 11 is 0. The zero-order valence-corrected chi connectivity index (χ0v) is 11.1. The molecule has 0 aliphatic heterocycles. The summed E-state index contributed by atoms with van der Waals surface area (Å²) in [6, 6.07) is 7.20. The molecule has 1 unspecified atom stereocenters. The number of hydrogen-bond acceptors (Lipinski definition) is 5. The van der Waals surface area contributed by atoms with E-state index in [0.717, 1.165) is 5.82 Å². The van der Waals surface area contributed by atoms with Gasteiger partial charge in [0, 0.05) is 0 Å². The van der Waals surface area contributed by atoms with Gasteiger partial charge in [-0.05, 0) is 26.0 Å². The number of benzene rings is 1. The summed E-state index contributed by atoms with van der Waals surface area (Å²) < 4.78 is 7.15. The largest absolute Gasteiger partial charge is 0.489 e. The van der Waals surface area contributed by atoms with Crippen LogP contribution in [-0.4, -0.2) is 32.6 Å². The van der Waals surface area contributed by atoms with Crippen LogP contribution in [0.2, 0.25) is 0 Å². The number of hydrogen-bond donors (Lipinski definition) is 2. The fourth-order valence-corrected chi connectivity index (χ4v) is 1.78. The van der Waals surface area contributed by atoms with Crippen molar-refractivity contribution in [1.29, 1.82) is 0 Å². The summed E-state index contributed by atoms with van der Waals surface area (Å²) in [5.74, 6) is 2.04. The molecular formula is C13H18N4O2. The van der Waals surface area contributed by atoms with Crippen LogP contribution in [0.15, 0.2) is 24.3 Å². The average Bonchev–Trinajstić information content (AvgIpc) is 2.67. The van der Waals surface area contributed by atoms with Crippen LogP contribution in [0.4, 0.5) is 5.69 Å². The summed E-state index contributed by atoms with van der Waals surface area (Å²) in [6.45, 7) is 4.17. The highest BCUT2D eigenvalue weighted by Crippen LogP contribution is 2.19. The predicted molar refractivity (Wildman–Crippen MR) is 71.9 cm³/mol. The molecule has 0 amide bonds. The van der Waals surface area contributed by atoms with Crippen molar-refractivity contribution in [3.63, 3.8) is 0 Å². The quantitative estimate of drug-likeness (QED) is 0.782. The Bertz CT molecular complexity index is 553. The minimum absolute atomic E-state index is 0.159. The van der Waals surface area contributed by atoms with E-state index in [9.17, 15) is 5.11 Å². The molecule has 6 nitrogen and oxygen atoms in total. The monoisotopic (exact) mass is 262 g/mol. The molecule has 1 atom stereocenters. The van der Waals surface area contributed by atoms with Gasteiger partial charge >= 0.3 is 0 Å². The lowest BCUT2D eigenvalue weighted by Gasteiger charge is -2.14. The second-order valence-corrected chi connectivity index (χ2v) is 4.39. The van der Waals surface area contributed by atoms with Crippen molar-refractivity contribution in [2.45, 2.75) is 26.5 Å². The van der Waals surface area contributed by atoms with Crippen LogP contribution in [-0.2, 0) is 6.54 Å². The Morgan fingerprint density at radius 2 is 2.11 bits per heavy atom. The van der Waals surface area contributed by atoms with Crippen molar-refractivity contribution >= 4 is 5.69 Å². The highest BCUT2D eigenvalue weighted by molar-refractivity contribution is 5.51. The smallest absolute Gasteiger partial charge is 0.147 e. The summed E-state index contributed by atoms with van der Waals surface area (Å²) in [6.07, 6.45) is -0.667. The van der Waals surface area contributed by atoms with E-state index < -0.39 is 6.10 Å². The van der Waals surface area contributed by atoms with Gasteiger partial charge in [-0.2, -0.15) is 5.10 Å². The van der Waals surface area contributed by atoms with Crippen molar-refractivity contribution in [3.8, 4) is 5.75 Å². The number of para-hydroxylation sites is 2. The van der Waals surface area contributed by atoms with Gasteiger partial charge in [0.1, 0.15) is 30.1 Å². The molecule has 0 spiro atoms.